The van der Waals surface area contributed by atoms with Crippen molar-refractivity contribution in [3.05, 3.63) is 70.5 Å². The largest absolute Gasteiger partial charge is 0.497 e. The molecule has 0 aliphatic carbocycles. The van der Waals surface area contributed by atoms with Gasteiger partial charge in [-0.3, -0.25) is 9.59 Å². The minimum Gasteiger partial charge on any atom is -0.497 e. The predicted octanol–water partition coefficient (Wildman–Crippen LogP) is 2.79. The number of ether oxygens (including phenoxy) is 3. The van der Waals surface area contributed by atoms with Gasteiger partial charge in [0.1, 0.15) is 11.6 Å². The van der Waals surface area contributed by atoms with E-state index in [0.717, 1.165) is 5.56 Å². The van der Waals surface area contributed by atoms with Gasteiger partial charge in [-0.05, 0) is 60.9 Å². The highest BCUT2D eigenvalue weighted by Crippen LogP contribution is 2.28. The number of carbonyl (C=O) groups is 1. The Hall–Kier alpha value is -4.01. The molecule has 1 aliphatic heterocycles. The van der Waals surface area contributed by atoms with Gasteiger partial charge in [-0.15, -0.1) is 5.10 Å². The van der Waals surface area contributed by atoms with Crippen LogP contribution in [0, 0.1) is 5.92 Å². The summed E-state index contributed by atoms with van der Waals surface area (Å²) in [6.45, 7) is 1.79. The minimum atomic E-state index is -0.205. The highest BCUT2D eigenvalue weighted by atomic mass is 16.5. The van der Waals surface area contributed by atoms with Crippen LogP contribution in [0.2, 0.25) is 0 Å². The Kier molecular flexibility index (Phi) is 7.54. The molecule has 1 saturated heterocycles. The van der Waals surface area contributed by atoms with Gasteiger partial charge in [0, 0.05) is 31.6 Å². The number of amides is 1. The van der Waals surface area contributed by atoms with Gasteiger partial charge in [0.15, 0.2) is 11.5 Å². The van der Waals surface area contributed by atoms with Gasteiger partial charge in [0.05, 0.1) is 27.0 Å². The first-order valence-electron chi connectivity index (χ1n) is 11.5. The van der Waals surface area contributed by atoms with Gasteiger partial charge < -0.3 is 24.4 Å². The van der Waals surface area contributed by atoms with Crippen LogP contribution in [-0.2, 0) is 11.3 Å². The van der Waals surface area contributed by atoms with Gasteiger partial charge in [-0.2, -0.15) is 4.68 Å². The Morgan fingerprint density at radius 1 is 0.943 bits per heavy atom. The van der Waals surface area contributed by atoms with Crippen molar-refractivity contribution in [2.75, 3.05) is 39.3 Å². The number of rotatable bonds is 8. The maximum atomic E-state index is 12.8. The molecular formula is C26H30N4O5. The third kappa shape index (κ3) is 5.56. The van der Waals surface area contributed by atoms with E-state index in [2.05, 4.69) is 15.3 Å². The number of nitrogens with one attached hydrogen (secondary N) is 1. The Morgan fingerprint density at radius 3 is 2.31 bits per heavy atom. The van der Waals surface area contributed by atoms with Crippen molar-refractivity contribution in [2.45, 2.75) is 19.4 Å². The Balaban J connectivity index is 1.35. The predicted molar refractivity (Wildman–Crippen MR) is 133 cm³/mol. The Labute approximate surface area is 204 Å². The zero-order valence-electron chi connectivity index (χ0n) is 20.2. The second-order valence-electron chi connectivity index (χ2n) is 8.31. The second kappa shape index (κ2) is 10.9. The average Bonchev–Trinajstić information content (AvgIpc) is 2.92. The van der Waals surface area contributed by atoms with Crippen molar-refractivity contribution in [1.82, 2.24) is 15.1 Å². The summed E-state index contributed by atoms with van der Waals surface area (Å²) in [7, 11) is 4.78. The molecule has 0 radical (unpaired) electrons. The zero-order valence-corrected chi connectivity index (χ0v) is 20.2. The van der Waals surface area contributed by atoms with Crippen LogP contribution in [0.1, 0.15) is 18.4 Å². The molecule has 2 aromatic carbocycles. The summed E-state index contributed by atoms with van der Waals surface area (Å²) in [6.07, 6.45) is 1.42. The van der Waals surface area contributed by atoms with Gasteiger partial charge in [0.25, 0.3) is 5.56 Å². The number of hydrogen-bond acceptors (Lipinski definition) is 7. The molecule has 0 unspecified atom stereocenters. The van der Waals surface area contributed by atoms with Crippen LogP contribution in [0.5, 0.6) is 17.2 Å². The van der Waals surface area contributed by atoms with Crippen LogP contribution < -0.4 is 30.0 Å². The maximum absolute atomic E-state index is 12.8. The summed E-state index contributed by atoms with van der Waals surface area (Å²) < 4.78 is 17.2. The lowest BCUT2D eigenvalue weighted by molar-refractivity contribution is -0.125. The first kappa shape index (κ1) is 24.1. The quantitative estimate of drug-likeness (QED) is 0.532. The first-order chi connectivity index (χ1) is 17.0. The van der Waals surface area contributed by atoms with E-state index in [-0.39, 0.29) is 17.4 Å². The van der Waals surface area contributed by atoms with Gasteiger partial charge in [-0.25, -0.2) is 0 Å². The number of aromatic nitrogens is 2. The van der Waals surface area contributed by atoms with Crippen molar-refractivity contribution < 1.29 is 19.0 Å². The zero-order chi connectivity index (χ0) is 24.8. The fourth-order valence-corrected chi connectivity index (χ4v) is 4.17. The molecule has 1 aliphatic rings. The number of benzene rings is 2. The van der Waals surface area contributed by atoms with Gasteiger partial charge >= 0.3 is 0 Å². The molecule has 1 N–H and O–H groups in total. The topological polar surface area (TPSA) is 94.9 Å². The third-order valence-corrected chi connectivity index (χ3v) is 6.21. The summed E-state index contributed by atoms with van der Waals surface area (Å²) >= 11 is 0. The van der Waals surface area contributed by atoms with Crippen molar-refractivity contribution in [1.29, 1.82) is 0 Å². The minimum absolute atomic E-state index is 0.0376. The van der Waals surface area contributed by atoms with Crippen molar-refractivity contribution in [2.24, 2.45) is 5.92 Å². The lowest BCUT2D eigenvalue weighted by atomic mass is 9.96. The smallest absolute Gasteiger partial charge is 0.271 e. The van der Waals surface area contributed by atoms with Crippen LogP contribution in [0.15, 0.2) is 59.4 Å². The number of nitrogens with zero attached hydrogens (tertiary/aromatic N) is 3. The fraction of sp³-hybridized carbons (Fsp3) is 0.346. The van der Waals surface area contributed by atoms with E-state index < -0.39 is 0 Å². The van der Waals surface area contributed by atoms with Crippen LogP contribution in [0.25, 0.3) is 5.69 Å². The second-order valence-corrected chi connectivity index (χ2v) is 8.31. The fourth-order valence-electron chi connectivity index (χ4n) is 4.17. The van der Waals surface area contributed by atoms with Crippen LogP contribution in [0.4, 0.5) is 5.82 Å². The number of carbonyl (C=O) groups excluding carboxylic acids is 1. The van der Waals surface area contributed by atoms with Crippen LogP contribution in [0.3, 0.4) is 0 Å². The third-order valence-electron chi connectivity index (χ3n) is 6.21. The summed E-state index contributed by atoms with van der Waals surface area (Å²) in [6, 6.07) is 16.0. The average molecular weight is 479 g/mol. The number of anilines is 1. The maximum Gasteiger partial charge on any atom is 0.271 e. The van der Waals surface area contributed by atoms with Gasteiger partial charge in [0.2, 0.25) is 5.91 Å². The lowest BCUT2D eigenvalue weighted by Crippen LogP contribution is -2.41. The summed E-state index contributed by atoms with van der Waals surface area (Å²) in [5, 5.41) is 7.60. The number of piperidine rings is 1. The van der Waals surface area contributed by atoms with E-state index in [1.165, 1.54) is 10.7 Å². The van der Waals surface area contributed by atoms with E-state index >= 15 is 0 Å². The number of hydrogen-bond donors (Lipinski definition) is 1. The summed E-state index contributed by atoms with van der Waals surface area (Å²) in [5.41, 5.74) is 1.41. The van der Waals surface area contributed by atoms with E-state index in [4.69, 9.17) is 14.2 Å². The van der Waals surface area contributed by atoms with Crippen molar-refractivity contribution >= 4 is 11.7 Å². The van der Waals surface area contributed by atoms with Gasteiger partial charge in [-0.1, -0.05) is 6.07 Å². The molecule has 4 rings (SSSR count). The molecule has 0 saturated carbocycles. The lowest BCUT2D eigenvalue weighted by Gasteiger charge is -2.32. The molecule has 1 aromatic heterocycles. The first-order valence-corrected chi connectivity index (χ1v) is 11.5. The highest BCUT2D eigenvalue weighted by molar-refractivity contribution is 5.79. The molecule has 3 aromatic rings. The van der Waals surface area contributed by atoms with Crippen molar-refractivity contribution in [3.8, 4) is 22.9 Å². The van der Waals surface area contributed by atoms with Crippen molar-refractivity contribution in [3.63, 3.8) is 0 Å². The molecule has 9 nitrogen and oxygen atoms in total. The normalized spacial score (nSPS) is 13.9. The molecule has 35 heavy (non-hydrogen) atoms. The molecule has 0 spiro atoms. The molecule has 9 heteroatoms. The molecule has 0 bridgehead atoms. The SMILES string of the molecule is COc1ccc(-n2nc(N3CCC(C(=O)NCc4ccc(OC)c(OC)c4)CC3)ccc2=O)cc1. The van der Waals surface area contributed by atoms with E-state index in [0.29, 0.717) is 61.2 Å². The molecule has 0 atom stereocenters. The molecule has 184 valence electrons. The van der Waals surface area contributed by atoms with E-state index in [1.54, 1.807) is 51.7 Å². The van der Waals surface area contributed by atoms with Crippen LogP contribution in [-0.4, -0.2) is 50.1 Å². The molecular weight excluding hydrogens is 448 g/mol. The Bertz CT molecular complexity index is 1220. The monoisotopic (exact) mass is 478 g/mol. The number of methoxy groups -OCH3 is 3. The van der Waals surface area contributed by atoms with E-state index in [9.17, 15) is 9.59 Å². The Morgan fingerprint density at radius 2 is 1.66 bits per heavy atom. The highest BCUT2D eigenvalue weighted by Gasteiger charge is 2.26. The standard InChI is InChI=1S/C26H30N4O5/c1-33-21-7-5-20(6-8-21)30-25(31)11-10-24(28-30)29-14-12-19(13-15-29)26(32)27-17-18-4-9-22(34-2)23(16-18)35-3/h4-11,16,19H,12-15,17H2,1-3H3,(H,27,32). The van der Waals surface area contributed by atoms with Crippen LogP contribution >= 0.6 is 0 Å². The summed E-state index contributed by atoms with van der Waals surface area (Å²) in [4.78, 5) is 27.3. The molecule has 2 heterocycles. The molecule has 1 amide bonds. The van der Waals surface area contributed by atoms with E-state index in [1.807, 2.05) is 18.2 Å². The summed E-state index contributed by atoms with van der Waals surface area (Å²) in [5.74, 6) is 2.68. The molecule has 1 fully saturated rings.